The summed E-state index contributed by atoms with van der Waals surface area (Å²) in [5.41, 5.74) is 3.09. The third-order valence-corrected chi connectivity index (χ3v) is 3.76. The molecule has 2 aromatic rings. The van der Waals surface area contributed by atoms with Crippen LogP contribution < -0.4 is 0 Å². The van der Waals surface area contributed by atoms with Crippen LogP contribution >= 0.6 is 0 Å². The highest BCUT2D eigenvalue weighted by atomic mass is 16.5. The van der Waals surface area contributed by atoms with Gasteiger partial charge in [-0.1, -0.05) is 80.6 Å². The number of esters is 1. The van der Waals surface area contributed by atoms with Crippen molar-refractivity contribution >= 4 is 11.5 Å². The molecular weight excluding hydrogens is 272 g/mol. The zero-order chi connectivity index (χ0) is 16.0. The molecule has 0 spiro atoms. The van der Waals surface area contributed by atoms with Gasteiger partial charge in [-0.25, -0.2) is 0 Å². The minimum Gasteiger partial charge on any atom is -0.469 e. The van der Waals surface area contributed by atoms with Crippen molar-refractivity contribution in [2.24, 2.45) is 0 Å². The first-order chi connectivity index (χ1) is 10.5. The second kappa shape index (κ2) is 7.08. The third-order valence-electron chi connectivity index (χ3n) is 3.76. The molecule has 22 heavy (non-hydrogen) atoms. The number of carbonyl (C=O) groups excluding carboxylic acids is 1. The highest BCUT2D eigenvalue weighted by Crippen LogP contribution is 2.30. The SMILES string of the molecule is COC(=O)C/C(=C\C(C)(C)c1ccccc1)c1ccccc1. The fraction of sp³-hybridized carbons (Fsp3) is 0.250. The number of benzene rings is 2. The Morgan fingerprint density at radius 1 is 1.00 bits per heavy atom. The summed E-state index contributed by atoms with van der Waals surface area (Å²) >= 11 is 0. The first-order valence-corrected chi connectivity index (χ1v) is 7.42. The fourth-order valence-corrected chi connectivity index (χ4v) is 2.50. The van der Waals surface area contributed by atoms with E-state index in [0.717, 1.165) is 11.1 Å². The molecule has 0 aliphatic heterocycles. The normalized spacial score (nSPS) is 12.0. The van der Waals surface area contributed by atoms with Crippen molar-refractivity contribution in [2.45, 2.75) is 25.7 Å². The highest BCUT2D eigenvalue weighted by molar-refractivity contribution is 5.85. The minimum absolute atomic E-state index is 0.166. The van der Waals surface area contributed by atoms with Gasteiger partial charge in [0.1, 0.15) is 0 Å². The summed E-state index contributed by atoms with van der Waals surface area (Å²) in [6.45, 7) is 4.31. The first kappa shape index (κ1) is 16.0. The van der Waals surface area contributed by atoms with Gasteiger partial charge in [0.15, 0.2) is 0 Å². The van der Waals surface area contributed by atoms with Gasteiger partial charge >= 0.3 is 5.97 Å². The molecule has 0 bridgehead atoms. The van der Waals surface area contributed by atoms with Gasteiger partial charge in [-0.05, 0) is 16.7 Å². The summed E-state index contributed by atoms with van der Waals surface area (Å²) in [7, 11) is 1.42. The smallest absolute Gasteiger partial charge is 0.309 e. The maximum atomic E-state index is 11.8. The molecule has 0 unspecified atom stereocenters. The number of allylic oxidation sites excluding steroid dienone is 1. The Morgan fingerprint density at radius 3 is 2.09 bits per heavy atom. The molecule has 0 N–H and O–H groups in total. The number of hydrogen-bond donors (Lipinski definition) is 0. The number of ether oxygens (including phenoxy) is 1. The molecule has 114 valence electrons. The van der Waals surface area contributed by atoms with Crippen LogP contribution in [-0.4, -0.2) is 13.1 Å². The van der Waals surface area contributed by atoms with Crippen LogP contribution in [0.2, 0.25) is 0 Å². The lowest BCUT2D eigenvalue weighted by molar-refractivity contribution is -0.139. The molecule has 0 saturated heterocycles. The second-order valence-corrected chi connectivity index (χ2v) is 5.88. The first-order valence-electron chi connectivity index (χ1n) is 7.42. The lowest BCUT2D eigenvalue weighted by atomic mass is 9.81. The maximum absolute atomic E-state index is 11.8. The van der Waals surface area contributed by atoms with Gasteiger partial charge in [0, 0.05) is 5.41 Å². The molecule has 0 fully saturated rings. The molecule has 0 aliphatic rings. The van der Waals surface area contributed by atoms with Crippen molar-refractivity contribution in [1.82, 2.24) is 0 Å². The van der Waals surface area contributed by atoms with Crippen molar-refractivity contribution in [3.8, 4) is 0 Å². The topological polar surface area (TPSA) is 26.3 Å². The van der Waals surface area contributed by atoms with Gasteiger partial charge in [-0.15, -0.1) is 0 Å². The Morgan fingerprint density at radius 2 is 1.55 bits per heavy atom. The molecule has 0 aliphatic carbocycles. The van der Waals surface area contributed by atoms with E-state index in [0.29, 0.717) is 0 Å². The van der Waals surface area contributed by atoms with Crippen LogP contribution in [0.15, 0.2) is 66.7 Å². The number of rotatable bonds is 5. The molecule has 2 nitrogen and oxygen atoms in total. The van der Waals surface area contributed by atoms with Crippen LogP contribution in [0.5, 0.6) is 0 Å². The second-order valence-electron chi connectivity index (χ2n) is 5.88. The molecule has 0 aromatic heterocycles. The Balaban J connectivity index is 2.41. The van der Waals surface area contributed by atoms with Gasteiger partial charge in [0.2, 0.25) is 0 Å². The zero-order valence-electron chi connectivity index (χ0n) is 13.4. The van der Waals surface area contributed by atoms with Crippen LogP contribution in [0.1, 0.15) is 31.4 Å². The molecule has 0 radical (unpaired) electrons. The molecule has 0 saturated carbocycles. The average Bonchev–Trinajstić information content (AvgIpc) is 2.55. The zero-order valence-corrected chi connectivity index (χ0v) is 13.4. The minimum atomic E-state index is -0.223. The van der Waals surface area contributed by atoms with Crippen molar-refractivity contribution in [1.29, 1.82) is 0 Å². The number of hydrogen-bond acceptors (Lipinski definition) is 2. The summed E-state index contributed by atoms with van der Waals surface area (Å²) in [6, 6.07) is 20.3. The standard InChI is InChI=1S/C20H22O2/c1-20(2,18-12-8-5-9-13-18)15-17(14-19(21)22-3)16-10-6-4-7-11-16/h4-13,15H,14H2,1-3H3/b17-15+. The Labute approximate surface area is 132 Å². The summed E-state index contributed by atoms with van der Waals surface area (Å²) < 4.78 is 4.84. The molecule has 0 atom stereocenters. The molecule has 0 heterocycles. The summed E-state index contributed by atoms with van der Waals surface area (Å²) in [4.78, 5) is 11.8. The van der Waals surface area contributed by atoms with E-state index in [-0.39, 0.29) is 17.8 Å². The van der Waals surface area contributed by atoms with E-state index in [1.54, 1.807) is 0 Å². The van der Waals surface area contributed by atoms with Crippen LogP contribution in [0.4, 0.5) is 0 Å². The summed E-state index contributed by atoms with van der Waals surface area (Å²) in [5, 5.41) is 0. The predicted molar refractivity (Wildman–Crippen MR) is 90.5 cm³/mol. The van der Waals surface area contributed by atoms with Gasteiger partial charge < -0.3 is 4.74 Å². The predicted octanol–water partition coefficient (Wildman–Crippen LogP) is 4.61. The van der Waals surface area contributed by atoms with Gasteiger partial charge in [0.05, 0.1) is 13.5 Å². The lowest BCUT2D eigenvalue weighted by Crippen LogP contribution is -2.15. The molecular formula is C20H22O2. The fourth-order valence-electron chi connectivity index (χ4n) is 2.50. The maximum Gasteiger partial charge on any atom is 0.309 e. The molecule has 2 aromatic carbocycles. The van der Waals surface area contributed by atoms with Crippen molar-refractivity contribution in [2.75, 3.05) is 7.11 Å². The van der Waals surface area contributed by atoms with E-state index < -0.39 is 0 Å². The lowest BCUT2D eigenvalue weighted by Gasteiger charge is -2.23. The van der Waals surface area contributed by atoms with Crippen molar-refractivity contribution in [3.63, 3.8) is 0 Å². The molecule has 2 rings (SSSR count). The quantitative estimate of drug-likeness (QED) is 0.753. The summed E-state index contributed by atoms with van der Waals surface area (Å²) in [5.74, 6) is -0.223. The Kier molecular flexibility index (Phi) is 5.16. The van der Waals surface area contributed by atoms with Gasteiger partial charge in [-0.2, -0.15) is 0 Å². The molecule has 0 amide bonds. The largest absolute Gasteiger partial charge is 0.469 e. The van der Waals surface area contributed by atoms with E-state index in [1.807, 2.05) is 48.5 Å². The van der Waals surface area contributed by atoms with Gasteiger partial charge in [-0.3, -0.25) is 4.79 Å². The van der Waals surface area contributed by atoms with Crippen LogP contribution in [0.25, 0.3) is 5.57 Å². The number of methoxy groups -OCH3 is 1. The molecule has 2 heteroatoms. The van der Waals surface area contributed by atoms with Crippen LogP contribution in [-0.2, 0) is 14.9 Å². The van der Waals surface area contributed by atoms with E-state index in [9.17, 15) is 4.79 Å². The monoisotopic (exact) mass is 294 g/mol. The van der Waals surface area contributed by atoms with Crippen LogP contribution in [0.3, 0.4) is 0 Å². The van der Waals surface area contributed by atoms with E-state index in [4.69, 9.17) is 4.74 Å². The van der Waals surface area contributed by atoms with E-state index in [1.165, 1.54) is 12.7 Å². The Hall–Kier alpha value is -2.35. The highest BCUT2D eigenvalue weighted by Gasteiger charge is 2.20. The van der Waals surface area contributed by atoms with Crippen molar-refractivity contribution in [3.05, 3.63) is 77.9 Å². The summed E-state index contributed by atoms with van der Waals surface area (Å²) in [6.07, 6.45) is 2.44. The van der Waals surface area contributed by atoms with Crippen molar-refractivity contribution < 1.29 is 9.53 Å². The van der Waals surface area contributed by atoms with E-state index >= 15 is 0 Å². The number of carbonyl (C=O) groups is 1. The Bertz CT molecular complexity index is 640. The average molecular weight is 294 g/mol. The van der Waals surface area contributed by atoms with Crippen LogP contribution in [0, 0.1) is 0 Å². The van der Waals surface area contributed by atoms with Gasteiger partial charge in [0.25, 0.3) is 0 Å². The van der Waals surface area contributed by atoms with E-state index in [2.05, 4.69) is 32.1 Å². The third kappa shape index (κ3) is 4.08.